The highest BCUT2D eigenvalue weighted by Crippen LogP contribution is 2.23. The number of hydrogen-bond acceptors (Lipinski definition) is 8. The lowest BCUT2D eigenvalue weighted by Crippen LogP contribution is -2.28. The third-order valence-electron chi connectivity index (χ3n) is 4.49. The number of anilines is 1. The first-order chi connectivity index (χ1) is 14.9. The minimum Gasteiger partial charge on any atom is -0.369 e. The molecule has 31 heavy (non-hydrogen) atoms. The van der Waals surface area contributed by atoms with E-state index in [-0.39, 0.29) is 18.0 Å². The SMILES string of the molecule is CSc1nc(NCC(C)C)c2cnn(CCNC(=O)Cc3ccc([N+](=O)[O-])cc3)c2n1. The van der Waals surface area contributed by atoms with E-state index in [0.717, 1.165) is 23.4 Å². The van der Waals surface area contributed by atoms with Crippen LogP contribution >= 0.6 is 11.8 Å². The molecule has 0 fully saturated rings. The standard InChI is InChI=1S/C20H25N7O3S/c1-13(2)11-22-18-16-12-23-26(19(16)25-20(24-18)31-3)9-8-21-17(28)10-14-4-6-15(7-5-14)27(29)30/h4-7,12-13H,8-11H2,1-3H3,(H,21,28)(H,22,24,25). The molecule has 1 aromatic carbocycles. The molecule has 2 heterocycles. The van der Waals surface area contributed by atoms with E-state index in [1.807, 2.05) is 6.26 Å². The second-order valence-corrected chi connectivity index (χ2v) is 8.16. The van der Waals surface area contributed by atoms with Gasteiger partial charge in [-0.05, 0) is 17.7 Å². The number of nitro groups is 1. The third-order valence-corrected chi connectivity index (χ3v) is 5.04. The van der Waals surface area contributed by atoms with E-state index >= 15 is 0 Å². The fourth-order valence-corrected chi connectivity index (χ4v) is 3.27. The summed E-state index contributed by atoms with van der Waals surface area (Å²) >= 11 is 1.46. The lowest BCUT2D eigenvalue weighted by molar-refractivity contribution is -0.384. The van der Waals surface area contributed by atoms with Crippen molar-refractivity contribution >= 4 is 40.2 Å². The lowest BCUT2D eigenvalue weighted by atomic mass is 10.1. The Bertz CT molecular complexity index is 1070. The van der Waals surface area contributed by atoms with Gasteiger partial charge in [-0.15, -0.1) is 0 Å². The van der Waals surface area contributed by atoms with Gasteiger partial charge in [0.1, 0.15) is 5.82 Å². The number of rotatable bonds is 10. The van der Waals surface area contributed by atoms with Crippen LogP contribution in [0.2, 0.25) is 0 Å². The highest BCUT2D eigenvalue weighted by atomic mass is 32.2. The molecule has 2 N–H and O–H groups in total. The maximum Gasteiger partial charge on any atom is 0.269 e. The molecule has 3 rings (SSSR count). The zero-order valence-corrected chi connectivity index (χ0v) is 18.5. The second-order valence-electron chi connectivity index (χ2n) is 7.39. The van der Waals surface area contributed by atoms with Gasteiger partial charge in [0.25, 0.3) is 5.69 Å². The molecule has 0 aliphatic heterocycles. The molecule has 0 unspecified atom stereocenters. The Balaban J connectivity index is 1.62. The number of non-ortho nitro benzene ring substituents is 1. The van der Waals surface area contributed by atoms with Gasteiger partial charge >= 0.3 is 0 Å². The first-order valence-corrected chi connectivity index (χ1v) is 11.1. The van der Waals surface area contributed by atoms with Crippen molar-refractivity contribution in [3.8, 4) is 0 Å². The van der Waals surface area contributed by atoms with Crippen molar-refractivity contribution in [3.05, 3.63) is 46.1 Å². The zero-order valence-electron chi connectivity index (χ0n) is 17.7. The van der Waals surface area contributed by atoms with Gasteiger partial charge < -0.3 is 10.6 Å². The molecule has 0 aliphatic carbocycles. The Labute approximate surface area is 184 Å². The van der Waals surface area contributed by atoms with E-state index in [1.165, 1.54) is 23.9 Å². The average molecular weight is 444 g/mol. The summed E-state index contributed by atoms with van der Waals surface area (Å²) in [6.07, 6.45) is 3.81. The zero-order chi connectivity index (χ0) is 22.4. The highest BCUT2D eigenvalue weighted by molar-refractivity contribution is 7.98. The average Bonchev–Trinajstić information content (AvgIpc) is 3.15. The first kappa shape index (κ1) is 22.5. The normalized spacial score (nSPS) is 11.1. The van der Waals surface area contributed by atoms with Crippen molar-refractivity contribution in [2.45, 2.75) is 32.0 Å². The number of nitro benzene ring substituents is 1. The molecule has 0 saturated heterocycles. The second kappa shape index (κ2) is 10.2. The van der Waals surface area contributed by atoms with E-state index in [9.17, 15) is 14.9 Å². The fourth-order valence-electron chi connectivity index (χ4n) is 2.91. The number of aromatic nitrogens is 4. The topological polar surface area (TPSA) is 128 Å². The van der Waals surface area contributed by atoms with Crippen molar-refractivity contribution in [1.29, 1.82) is 0 Å². The Hall–Kier alpha value is -3.21. The number of hydrogen-bond donors (Lipinski definition) is 2. The summed E-state index contributed by atoms with van der Waals surface area (Å²) in [6, 6.07) is 5.97. The van der Waals surface area contributed by atoms with Gasteiger partial charge in [0.2, 0.25) is 5.91 Å². The number of nitrogens with zero attached hydrogens (tertiary/aromatic N) is 5. The van der Waals surface area contributed by atoms with Gasteiger partial charge in [0.15, 0.2) is 10.8 Å². The largest absolute Gasteiger partial charge is 0.369 e. The van der Waals surface area contributed by atoms with E-state index in [2.05, 4.69) is 39.5 Å². The molecule has 11 heteroatoms. The van der Waals surface area contributed by atoms with Gasteiger partial charge in [0, 0.05) is 25.2 Å². The number of nitrogens with one attached hydrogen (secondary N) is 2. The maximum absolute atomic E-state index is 12.2. The van der Waals surface area contributed by atoms with Crippen LogP contribution < -0.4 is 10.6 Å². The van der Waals surface area contributed by atoms with Gasteiger partial charge in [0.05, 0.1) is 29.5 Å². The highest BCUT2D eigenvalue weighted by Gasteiger charge is 2.13. The minimum absolute atomic E-state index is 0.00331. The van der Waals surface area contributed by atoms with Crippen LogP contribution in [0.5, 0.6) is 0 Å². The number of benzene rings is 1. The smallest absolute Gasteiger partial charge is 0.269 e. The summed E-state index contributed by atoms with van der Waals surface area (Å²) in [4.78, 5) is 31.6. The Morgan fingerprint density at radius 3 is 2.65 bits per heavy atom. The van der Waals surface area contributed by atoms with Gasteiger partial charge in [-0.1, -0.05) is 37.7 Å². The lowest BCUT2D eigenvalue weighted by Gasteiger charge is -2.11. The van der Waals surface area contributed by atoms with Crippen LogP contribution in [0.4, 0.5) is 11.5 Å². The summed E-state index contributed by atoms with van der Waals surface area (Å²) in [6.45, 7) is 5.90. The van der Waals surface area contributed by atoms with E-state index in [4.69, 9.17) is 0 Å². The Morgan fingerprint density at radius 1 is 1.26 bits per heavy atom. The number of carbonyl (C=O) groups excluding carboxylic acids is 1. The number of amides is 1. The quantitative estimate of drug-likeness (QED) is 0.212. The molecule has 0 saturated carbocycles. The summed E-state index contributed by atoms with van der Waals surface area (Å²) in [5, 5.41) is 22.8. The number of thioether (sulfide) groups is 1. The molecule has 10 nitrogen and oxygen atoms in total. The molecule has 3 aromatic rings. The Morgan fingerprint density at radius 2 is 2.00 bits per heavy atom. The third kappa shape index (κ3) is 5.91. The molecule has 0 radical (unpaired) electrons. The van der Waals surface area contributed by atoms with Crippen LogP contribution in [-0.4, -0.2) is 49.9 Å². The number of carbonyl (C=O) groups is 1. The molecular formula is C20H25N7O3S. The van der Waals surface area contributed by atoms with Crippen LogP contribution in [-0.2, 0) is 17.8 Å². The molecule has 164 valence electrons. The van der Waals surface area contributed by atoms with Crippen molar-refractivity contribution in [2.24, 2.45) is 5.92 Å². The maximum atomic E-state index is 12.2. The number of fused-ring (bicyclic) bond motifs is 1. The Kier molecular flexibility index (Phi) is 7.40. The molecular weight excluding hydrogens is 418 g/mol. The monoisotopic (exact) mass is 443 g/mol. The van der Waals surface area contributed by atoms with Crippen LogP contribution in [0.25, 0.3) is 11.0 Å². The van der Waals surface area contributed by atoms with Crippen molar-refractivity contribution < 1.29 is 9.72 Å². The molecule has 1 amide bonds. The van der Waals surface area contributed by atoms with E-state index in [1.54, 1.807) is 23.0 Å². The van der Waals surface area contributed by atoms with E-state index < -0.39 is 4.92 Å². The van der Waals surface area contributed by atoms with Gasteiger partial charge in [-0.3, -0.25) is 14.9 Å². The summed E-state index contributed by atoms with van der Waals surface area (Å²) in [5.41, 5.74) is 1.43. The molecule has 0 atom stereocenters. The van der Waals surface area contributed by atoms with Crippen LogP contribution in [0.15, 0.2) is 35.6 Å². The molecule has 0 spiro atoms. The van der Waals surface area contributed by atoms with E-state index in [0.29, 0.717) is 29.7 Å². The van der Waals surface area contributed by atoms with Gasteiger partial charge in [-0.2, -0.15) is 5.10 Å². The fraction of sp³-hybridized carbons (Fsp3) is 0.400. The van der Waals surface area contributed by atoms with Crippen LogP contribution in [0.3, 0.4) is 0 Å². The van der Waals surface area contributed by atoms with Crippen LogP contribution in [0.1, 0.15) is 19.4 Å². The summed E-state index contributed by atoms with van der Waals surface area (Å²) in [5.74, 6) is 1.07. The van der Waals surface area contributed by atoms with Gasteiger partial charge in [-0.25, -0.2) is 14.6 Å². The predicted octanol–water partition coefficient (Wildman–Crippen LogP) is 2.88. The summed E-state index contributed by atoms with van der Waals surface area (Å²) < 4.78 is 1.75. The van der Waals surface area contributed by atoms with Crippen molar-refractivity contribution in [2.75, 3.05) is 24.7 Å². The van der Waals surface area contributed by atoms with Crippen LogP contribution in [0, 0.1) is 16.0 Å². The first-order valence-electron chi connectivity index (χ1n) is 9.88. The molecule has 2 aromatic heterocycles. The predicted molar refractivity (Wildman–Crippen MR) is 120 cm³/mol. The minimum atomic E-state index is -0.464. The molecule has 0 bridgehead atoms. The molecule has 0 aliphatic rings. The summed E-state index contributed by atoms with van der Waals surface area (Å²) in [7, 11) is 0. The van der Waals surface area contributed by atoms with Crippen molar-refractivity contribution in [3.63, 3.8) is 0 Å². The van der Waals surface area contributed by atoms with Crippen molar-refractivity contribution in [1.82, 2.24) is 25.1 Å².